The minimum absolute atomic E-state index is 0.328. The summed E-state index contributed by atoms with van der Waals surface area (Å²) in [6.45, 7) is 4.63. The Balaban J connectivity index is 2.28. The average Bonchev–Trinajstić information content (AvgIpc) is 2.23. The van der Waals surface area contributed by atoms with E-state index in [9.17, 15) is 0 Å². The van der Waals surface area contributed by atoms with Crippen molar-refractivity contribution in [2.75, 3.05) is 12.4 Å². The van der Waals surface area contributed by atoms with Gasteiger partial charge >= 0.3 is 0 Å². The first-order valence-corrected chi connectivity index (χ1v) is 6.53. The van der Waals surface area contributed by atoms with Gasteiger partial charge in [-0.2, -0.15) is 0 Å². The number of hydrogen-bond acceptors (Lipinski definition) is 2. The van der Waals surface area contributed by atoms with E-state index >= 15 is 0 Å². The normalized spacial score (nSPS) is 10.6. The summed E-state index contributed by atoms with van der Waals surface area (Å²) >= 11 is 1.91. The molecule has 0 aromatic heterocycles. The van der Waals surface area contributed by atoms with Crippen molar-refractivity contribution in [1.29, 1.82) is 0 Å². The molecule has 0 unspecified atom stereocenters. The van der Waals surface area contributed by atoms with E-state index in [0.29, 0.717) is 6.61 Å². The predicted molar refractivity (Wildman–Crippen MR) is 67.6 cm³/mol. The molecule has 84 valence electrons. The van der Waals surface area contributed by atoms with E-state index in [1.54, 1.807) is 0 Å². The second-order valence-corrected chi connectivity index (χ2v) is 5.05. The van der Waals surface area contributed by atoms with Gasteiger partial charge in [0.2, 0.25) is 0 Å². The zero-order chi connectivity index (χ0) is 11.1. The van der Waals surface area contributed by atoms with Crippen molar-refractivity contribution in [3.63, 3.8) is 0 Å². The van der Waals surface area contributed by atoms with Gasteiger partial charge in [-0.25, -0.2) is 0 Å². The molecule has 0 atom stereocenters. The summed E-state index contributed by atoms with van der Waals surface area (Å²) in [7, 11) is 0. The Kier molecular flexibility index (Phi) is 5.81. The summed E-state index contributed by atoms with van der Waals surface area (Å²) in [6, 6.07) is 6.64. The Bertz CT molecular complexity index is 297. The first-order valence-electron chi connectivity index (χ1n) is 5.55. The summed E-state index contributed by atoms with van der Waals surface area (Å²) in [4.78, 5) is 1.36. The van der Waals surface area contributed by atoms with Crippen molar-refractivity contribution in [2.24, 2.45) is 0 Å². The fourth-order valence-corrected chi connectivity index (χ4v) is 2.39. The lowest BCUT2D eigenvalue weighted by atomic mass is 10.1. The van der Waals surface area contributed by atoms with Crippen molar-refractivity contribution in [3.8, 4) is 0 Å². The number of benzene rings is 1. The first kappa shape index (κ1) is 12.6. The fourth-order valence-electron chi connectivity index (χ4n) is 1.38. The Morgan fingerprint density at radius 3 is 2.53 bits per heavy atom. The molecule has 0 aliphatic carbocycles. The molecule has 0 saturated heterocycles. The molecule has 15 heavy (non-hydrogen) atoms. The van der Waals surface area contributed by atoms with E-state index in [1.165, 1.54) is 22.4 Å². The van der Waals surface area contributed by atoms with Crippen LogP contribution in [-0.4, -0.2) is 17.5 Å². The van der Waals surface area contributed by atoms with Crippen molar-refractivity contribution in [1.82, 2.24) is 0 Å². The van der Waals surface area contributed by atoms with Gasteiger partial charge in [0.1, 0.15) is 0 Å². The van der Waals surface area contributed by atoms with Crippen LogP contribution in [0.25, 0.3) is 0 Å². The summed E-state index contributed by atoms with van der Waals surface area (Å²) < 4.78 is 0. The molecule has 1 aromatic carbocycles. The van der Waals surface area contributed by atoms with Crippen molar-refractivity contribution < 1.29 is 5.11 Å². The molecule has 0 bridgehead atoms. The number of aliphatic hydroxyl groups is 1. The molecule has 0 radical (unpaired) electrons. The molecule has 1 N–H and O–H groups in total. The summed E-state index contributed by atoms with van der Waals surface area (Å²) in [5.41, 5.74) is 2.73. The number of thioether (sulfide) groups is 1. The Labute approximate surface area is 96.9 Å². The zero-order valence-electron chi connectivity index (χ0n) is 9.62. The highest BCUT2D eigenvalue weighted by Gasteiger charge is 1.97. The van der Waals surface area contributed by atoms with Gasteiger partial charge in [0.15, 0.2) is 0 Å². The Morgan fingerprint density at radius 2 is 1.87 bits per heavy atom. The molecule has 0 amide bonds. The lowest BCUT2D eigenvalue weighted by Crippen LogP contribution is -1.86. The maximum Gasteiger partial charge on any atom is 0.0431 e. The Hall–Kier alpha value is -0.470. The Morgan fingerprint density at radius 1 is 1.07 bits per heavy atom. The number of aliphatic hydroxyl groups excluding tert-OH is 1. The number of hydrogen-bond donors (Lipinski definition) is 1. The molecule has 0 spiro atoms. The standard InChI is InChI=1S/C13H20OS/c1-11-6-7-13(10-12(11)2)15-9-5-3-4-8-14/h6-7,10,14H,3-5,8-9H2,1-2H3. The molecule has 0 aliphatic heterocycles. The van der Waals surface area contributed by atoms with Crippen molar-refractivity contribution in [2.45, 2.75) is 38.0 Å². The highest BCUT2D eigenvalue weighted by Crippen LogP contribution is 2.22. The summed E-state index contributed by atoms with van der Waals surface area (Å²) in [6.07, 6.45) is 3.26. The average molecular weight is 224 g/mol. The van der Waals surface area contributed by atoms with Crippen LogP contribution in [0.5, 0.6) is 0 Å². The van der Waals surface area contributed by atoms with Crippen molar-refractivity contribution in [3.05, 3.63) is 29.3 Å². The van der Waals surface area contributed by atoms with Crippen molar-refractivity contribution >= 4 is 11.8 Å². The third-order valence-corrected chi connectivity index (χ3v) is 3.63. The van der Waals surface area contributed by atoms with Crippen LogP contribution in [0.1, 0.15) is 30.4 Å². The summed E-state index contributed by atoms with van der Waals surface area (Å²) in [5.74, 6) is 1.16. The number of aryl methyl sites for hydroxylation is 2. The van der Waals surface area contributed by atoms with Gasteiger partial charge in [0.25, 0.3) is 0 Å². The van der Waals surface area contributed by atoms with Crippen LogP contribution in [0.2, 0.25) is 0 Å². The van der Waals surface area contributed by atoms with E-state index in [1.807, 2.05) is 11.8 Å². The van der Waals surface area contributed by atoms with Crippen LogP contribution < -0.4 is 0 Å². The van der Waals surface area contributed by atoms with Crippen LogP contribution in [-0.2, 0) is 0 Å². The molecule has 1 aromatic rings. The molecule has 0 fully saturated rings. The summed E-state index contributed by atoms with van der Waals surface area (Å²) in [5, 5.41) is 8.64. The van der Waals surface area contributed by atoms with Gasteiger partial charge in [-0.05, 0) is 55.7 Å². The zero-order valence-corrected chi connectivity index (χ0v) is 10.4. The smallest absolute Gasteiger partial charge is 0.0431 e. The number of unbranched alkanes of at least 4 members (excludes halogenated alkanes) is 2. The quantitative estimate of drug-likeness (QED) is 0.589. The lowest BCUT2D eigenvalue weighted by molar-refractivity contribution is 0.284. The van der Waals surface area contributed by atoms with Crippen LogP contribution in [0.4, 0.5) is 0 Å². The van der Waals surface area contributed by atoms with Gasteiger partial charge in [-0.3, -0.25) is 0 Å². The van der Waals surface area contributed by atoms with E-state index < -0.39 is 0 Å². The molecule has 2 heteroatoms. The SMILES string of the molecule is Cc1ccc(SCCCCCO)cc1C. The first-order chi connectivity index (χ1) is 7.24. The monoisotopic (exact) mass is 224 g/mol. The highest BCUT2D eigenvalue weighted by molar-refractivity contribution is 7.99. The molecule has 1 nitrogen and oxygen atoms in total. The molecule has 0 aliphatic rings. The molecular formula is C13H20OS. The third kappa shape index (κ3) is 4.72. The lowest BCUT2D eigenvalue weighted by Gasteiger charge is -2.04. The fraction of sp³-hybridized carbons (Fsp3) is 0.538. The maximum atomic E-state index is 8.64. The van der Waals surface area contributed by atoms with Gasteiger partial charge in [0.05, 0.1) is 0 Å². The molecule has 1 rings (SSSR count). The van der Waals surface area contributed by atoms with Crippen LogP contribution in [0.3, 0.4) is 0 Å². The van der Waals surface area contributed by atoms with E-state index in [2.05, 4.69) is 32.0 Å². The highest BCUT2D eigenvalue weighted by atomic mass is 32.2. The molecular weight excluding hydrogens is 204 g/mol. The minimum Gasteiger partial charge on any atom is -0.396 e. The second-order valence-electron chi connectivity index (χ2n) is 3.88. The number of rotatable bonds is 6. The molecule has 0 heterocycles. The minimum atomic E-state index is 0.328. The second kappa shape index (κ2) is 6.91. The van der Waals surface area contributed by atoms with Gasteiger partial charge in [-0.1, -0.05) is 12.5 Å². The van der Waals surface area contributed by atoms with E-state index in [0.717, 1.165) is 18.6 Å². The van der Waals surface area contributed by atoms with Gasteiger partial charge in [0, 0.05) is 11.5 Å². The maximum absolute atomic E-state index is 8.64. The van der Waals surface area contributed by atoms with E-state index in [-0.39, 0.29) is 0 Å². The van der Waals surface area contributed by atoms with Gasteiger partial charge in [-0.15, -0.1) is 11.8 Å². The topological polar surface area (TPSA) is 20.2 Å². The predicted octanol–water partition coefficient (Wildman–Crippen LogP) is 3.56. The van der Waals surface area contributed by atoms with Crippen LogP contribution >= 0.6 is 11.8 Å². The largest absolute Gasteiger partial charge is 0.396 e. The van der Waals surface area contributed by atoms with Gasteiger partial charge < -0.3 is 5.11 Å². The molecule has 0 saturated carbocycles. The van der Waals surface area contributed by atoms with Crippen LogP contribution in [0, 0.1) is 13.8 Å². The van der Waals surface area contributed by atoms with E-state index in [4.69, 9.17) is 5.11 Å². The third-order valence-electron chi connectivity index (χ3n) is 2.55. The van der Waals surface area contributed by atoms with Crippen LogP contribution in [0.15, 0.2) is 23.1 Å².